The number of pyridine rings is 3. The highest BCUT2D eigenvalue weighted by Gasteiger charge is 2.34. The second kappa shape index (κ2) is 10.0. The third kappa shape index (κ3) is 5.35. The predicted octanol–water partition coefficient (Wildman–Crippen LogP) is 3.70. The molecule has 9 nitrogen and oxygen atoms in total. The van der Waals surface area contributed by atoms with Gasteiger partial charge in [0.05, 0.1) is 46.2 Å². The lowest BCUT2D eigenvalue weighted by Crippen LogP contribution is -2.43. The molecule has 200 valence electrons. The Bertz CT molecular complexity index is 1680. The third-order valence-corrected chi connectivity index (χ3v) is 8.51. The minimum atomic E-state index is -3.43. The van der Waals surface area contributed by atoms with Crippen LogP contribution in [0.25, 0.3) is 22.3 Å². The fraction of sp³-hybridized carbons (Fsp3) is 0.310. The van der Waals surface area contributed by atoms with Gasteiger partial charge in [-0.2, -0.15) is 0 Å². The Balaban J connectivity index is 1.20. The van der Waals surface area contributed by atoms with Gasteiger partial charge in [-0.05, 0) is 67.8 Å². The van der Waals surface area contributed by atoms with Gasteiger partial charge in [-0.3, -0.25) is 9.78 Å². The minimum absolute atomic E-state index is 0.148. The molecule has 2 aliphatic heterocycles. The third-order valence-electron chi connectivity index (χ3n) is 7.27. The van der Waals surface area contributed by atoms with E-state index in [0.717, 1.165) is 60.3 Å². The number of sulfone groups is 1. The highest BCUT2D eigenvalue weighted by molar-refractivity contribution is 7.90. The number of rotatable bonds is 6. The van der Waals surface area contributed by atoms with Crippen molar-refractivity contribution < 1.29 is 17.9 Å². The van der Waals surface area contributed by atoms with Crippen molar-refractivity contribution in [3.8, 4) is 11.4 Å². The van der Waals surface area contributed by atoms with Crippen LogP contribution >= 0.6 is 0 Å². The van der Waals surface area contributed by atoms with E-state index < -0.39 is 9.84 Å². The van der Waals surface area contributed by atoms with Gasteiger partial charge in [-0.15, -0.1) is 0 Å². The topological polar surface area (TPSA) is 114 Å². The fourth-order valence-electron chi connectivity index (χ4n) is 5.25. The second-order valence-electron chi connectivity index (χ2n) is 10.2. The first-order valence-electron chi connectivity index (χ1n) is 13.0. The number of ether oxygens (including phenoxy) is 1. The number of hydrogen-bond donors (Lipinski definition) is 1. The summed E-state index contributed by atoms with van der Waals surface area (Å²) in [6, 6.07) is 16.4. The number of carbonyl (C=O) groups is 1. The van der Waals surface area contributed by atoms with Crippen molar-refractivity contribution in [1.82, 2.24) is 20.3 Å². The van der Waals surface area contributed by atoms with Gasteiger partial charge in [0.1, 0.15) is 5.82 Å². The maximum Gasteiger partial charge on any atom is 0.251 e. The summed E-state index contributed by atoms with van der Waals surface area (Å²) in [5.41, 5.74) is 3.82. The summed E-state index contributed by atoms with van der Waals surface area (Å²) in [6.45, 7) is 3.60. The number of morpholine rings is 1. The lowest BCUT2D eigenvalue weighted by atomic mass is 10.1. The molecule has 0 unspecified atom stereocenters. The molecule has 2 atom stereocenters. The summed E-state index contributed by atoms with van der Waals surface area (Å²) in [5.74, 6) is 0.559. The van der Waals surface area contributed by atoms with Crippen molar-refractivity contribution in [2.45, 2.75) is 43.4 Å². The number of benzene rings is 1. The molecule has 3 aromatic heterocycles. The Hall–Kier alpha value is -3.89. The standard InChI is InChI=1S/C29H29N5O4S/c1-18-6-7-19(12-27(18)39(2,36)37)29(35)31-15-21-13-26-20(14-30-21)8-11-25(32-26)24-4-3-5-28(33-24)34-16-22-9-10-23(17-34)38-22/h3-8,11-14,22-23H,9-10,15-17H2,1-2H3,(H,31,35)/t22-,23+. The van der Waals surface area contributed by atoms with Gasteiger partial charge in [0.25, 0.3) is 5.91 Å². The molecule has 6 rings (SSSR count). The largest absolute Gasteiger partial charge is 0.371 e. The van der Waals surface area contributed by atoms with E-state index in [1.54, 1.807) is 25.3 Å². The van der Waals surface area contributed by atoms with Crippen molar-refractivity contribution >= 4 is 32.5 Å². The summed E-state index contributed by atoms with van der Waals surface area (Å²) in [6.07, 6.45) is 5.65. The predicted molar refractivity (Wildman–Crippen MR) is 148 cm³/mol. The molecule has 1 amide bonds. The van der Waals surface area contributed by atoms with Crippen molar-refractivity contribution in [1.29, 1.82) is 0 Å². The van der Waals surface area contributed by atoms with E-state index in [1.165, 1.54) is 6.07 Å². The number of fused-ring (bicyclic) bond motifs is 3. The molecule has 1 aromatic carbocycles. The number of amides is 1. The van der Waals surface area contributed by atoms with Crippen LogP contribution in [-0.4, -0.2) is 60.8 Å². The Morgan fingerprint density at radius 1 is 1.03 bits per heavy atom. The van der Waals surface area contributed by atoms with Crippen LogP contribution in [0.3, 0.4) is 0 Å². The molecule has 1 N–H and O–H groups in total. The van der Waals surface area contributed by atoms with Gasteiger partial charge < -0.3 is 15.0 Å². The van der Waals surface area contributed by atoms with Crippen LogP contribution in [0.5, 0.6) is 0 Å². The number of aryl methyl sites for hydroxylation is 1. The molecule has 0 saturated carbocycles. The smallest absolute Gasteiger partial charge is 0.251 e. The van der Waals surface area contributed by atoms with Gasteiger partial charge in [0.2, 0.25) is 0 Å². The van der Waals surface area contributed by atoms with Gasteiger partial charge in [-0.25, -0.2) is 18.4 Å². The summed E-state index contributed by atoms with van der Waals surface area (Å²) in [4.78, 5) is 29.4. The van der Waals surface area contributed by atoms with E-state index in [2.05, 4.69) is 15.2 Å². The summed E-state index contributed by atoms with van der Waals surface area (Å²) >= 11 is 0. The zero-order chi connectivity index (χ0) is 27.1. The molecule has 0 aliphatic carbocycles. The first-order chi connectivity index (χ1) is 18.7. The van der Waals surface area contributed by atoms with Gasteiger partial charge in [0.15, 0.2) is 9.84 Å². The van der Waals surface area contributed by atoms with Crippen molar-refractivity contribution in [3.05, 3.63) is 77.6 Å². The lowest BCUT2D eigenvalue weighted by Gasteiger charge is -2.33. The van der Waals surface area contributed by atoms with Crippen LogP contribution in [0.2, 0.25) is 0 Å². The van der Waals surface area contributed by atoms with E-state index >= 15 is 0 Å². The van der Waals surface area contributed by atoms with Gasteiger partial charge in [-0.1, -0.05) is 12.1 Å². The van der Waals surface area contributed by atoms with Crippen molar-refractivity contribution in [3.63, 3.8) is 0 Å². The maximum atomic E-state index is 12.7. The number of anilines is 1. The maximum absolute atomic E-state index is 12.7. The van der Waals surface area contributed by atoms with Gasteiger partial charge >= 0.3 is 0 Å². The van der Waals surface area contributed by atoms with Crippen LogP contribution < -0.4 is 10.2 Å². The van der Waals surface area contributed by atoms with Crippen LogP contribution in [0.15, 0.2) is 65.7 Å². The van der Waals surface area contributed by atoms with E-state index in [4.69, 9.17) is 14.7 Å². The molecule has 4 aromatic rings. The zero-order valence-electron chi connectivity index (χ0n) is 21.8. The molecule has 10 heteroatoms. The van der Waals surface area contributed by atoms with Gasteiger partial charge in [0, 0.05) is 36.5 Å². The second-order valence-corrected chi connectivity index (χ2v) is 12.2. The van der Waals surface area contributed by atoms with Crippen molar-refractivity contribution in [2.24, 2.45) is 0 Å². The highest BCUT2D eigenvalue weighted by Crippen LogP contribution is 2.30. The SMILES string of the molecule is Cc1ccc(C(=O)NCc2cc3nc(-c4cccc(N5C[C@H]6CC[C@@H](C5)O6)n4)ccc3cn2)cc1S(C)(=O)=O. The van der Waals surface area contributed by atoms with Crippen LogP contribution in [-0.2, 0) is 21.1 Å². The molecule has 39 heavy (non-hydrogen) atoms. The molecular weight excluding hydrogens is 514 g/mol. The molecule has 2 saturated heterocycles. The number of hydrogen-bond acceptors (Lipinski definition) is 8. The lowest BCUT2D eigenvalue weighted by molar-refractivity contribution is 0.0302. The minimum Gasteiger partial charge on any atom is -0.371 e. The zero-order valence-corrected chi connectivity index (χ0v) is 22.6. The molecule has 0 radical (unpaired) electrons. The molecule has 0 spiro atoms. The van der Waals surface area contributed by atoms with Crippen LogP contribution in [0.1, 0.15) is 34.5 Å². The average Bonchev–Trinajstić information content (AvgIpc) is 3.27. The van der Waals surface area contributed by atoms with Crippen LogP contribution in [0, 0.1) is 6.92 Å². The number of carbonyl (C=O) groups excluding carboxylic acids is 1. The van der Waals surface area contributed by atoms with Crippen molar-refractivity contribution in [2.75, 3.05) is 24.2 Å². The first-order valence-corrected chi connectivity index (χ1v) is 14.8. The normalized spacial score (nSPS) is 18.9. The number of nitrogens with zero attached hydrogens (tertiary/aromatic N) is 4. The number of nitrogens with one attached hydrogen (secondary N) is 1. The fourth-order valence-corrected chi connectivity index (χ4v) is 6.25. The Kier molecular flexibility index (Phi) is 6.52. The molecule has 2 bridgehead atoms. The quantitative estimate of drug-likeness (QED) is 0.392. The highest BCUT2D eigenvalue weighted by atomic mass is 32.2. The average molecular weight is 544 g/mol. The monoisotopic (exact) mass is 543 g/mol. The summed E-state index contributed by atoms with van der Waals surface area (Å²) < 4.78 is 30.0. The molecular formula is C29H29N5O4S. The first kappa shape index (κ1) is 25.4. The molecule has 2 aliphatic rings. The Labute approximate surface area is 227 Å². The van der Waals surface area contributed by atoms with E-state index in [9.17, 15) is 13.2 Å². The Morgan fingerprint density at radius 3 is 2.56 bits per heavy atom. The molecule has 5 heterocycles. The van der Waals surface area contributed by atoms with Crippen LogP contribution in [0.4, 0.5) is 5.82 Å². The number of aromatic nitrogens is 3. The van der Waals surface area contributed by atoms with E-state index in [-0.39, 0.29) is 35.1 Å². The van der Waals surface area contributed by atoms with E-state index in [0.29, 0.717) is 11.3 Å². The summed E-state index contributed by atoms with van der Waals surface area (Å²) in [7, 11) is -3.43. The molecule has 2 fully saturated rings. The summed E-state index contributed by atoms with van der Waals surface area (Å²) in [5, 5.41) is 3.71. The Morgan fingerprint density at radius 2 is 1.79 bits per heavy atom. The van der Waals surface area contributed by atoms with E-state index in [1.807, 2.05) is 36.4 Å².